The van der Waals surface area contributed by atoms with Crippen molar-refractivity contribution in [1.29, 1.82) is 0 Å². The molecule has 0 spiro atoms. The number of carbonyl (C=O) groups excluding carboxylic acids is 3. The van der Waals surface area contributed by atoms with Crippen molar-refractivity contribution in [3.8, 4) is 0 Å². The number of rotatable bonds is 42. The lowest BCUT2D eigenvalue weighted by Gasteiger charge is -2.12. The van der Waals surface area contributed by atoms with E-state index in [1.807, 2.05) is 0 Å². The highest BCUT2D eigenvalue weighted by Gasteiger charge is 2.22. The number of ketones is 2. The van der Waals surface area contributed by atoms with Gasteiger partial charge in [-0.25, -0.2) is 0 Å². The second kappa shape index (κ2) is 38.2. The molecule has 14 heteroatoms. The number of amides is 1. The minimum Gasteiger partial charge on any atom is -0.481 e. The number of hydrogen-bond acceptors (Lipinski definition) is 11. The minimum absolute atomic E-state index is 0.0381. The third-order valence-electron chi connectivity index (χ3n) is 8.17. The predicted octanol–water partition coefficient (Wildman–Crippen LogP) is 5.17. The van der Waals surface area contributed by atoms with Gasteiger partial charge in [0, 0.05) is 38.6 Å². The Morgan fingerprint density at radius 3 is 1.27 bits per heavy atom. The summed E-state index contributed by atoms with van der Waals surface area (Å²) in [6.45, 7) is 6.89. The Morgan fingerprint density at radius 2 is 0.865 bits per heavy atom. The number of unbranched alkanes of at least 4 members (excludes halogenated alkanes) is 11. The Bertz CT molecular complexity index is 902. The van der Waals surface area contributed by atoms with Gasteiger partial charge in [-0.1, -0.05) is 64.2 Å². The Hall–Kier alpha value is -2.49. The van der Waals surface area contributed by atoms with Crippen molar-refractivity contribution in [2.75, 3.05) is 85.8 Å². The summed E-state index contributed by atoms with van der Waals surface area (Å²) >= 11 is 0. The van der Waals surface area contributed by atoms with Gasteiger partial charge in [-0.2, -0.15) is 0 Å². The number of nitrogens with one attached hydrogen (secondary N) is 1. The monoisotopic (exact) mass is 747 g/mol. The van der Waals surface area contributed by atoms with Gasteiger partial charge in [0.05, 0.1) is 85.2 Å². The number of aliphatic carboxylic acids is 2. The highest BCUT2D eigenvalue weighted by atomic mass is 16.6. The molecule has 0 radical (unpaired) electrons. The van der Waals surface area contributed by atoms with Gasteiger partial charge in [-0.15, -0.1) is 0 Å². The zero-order valence-electron chi connectivity index (χ0n) is 31.9. The first-order valence-electron chi connectivity index (χ1n) is 19.4. The lowest BCUT2D eigenvalue weighted by atomic mass is 9.94. The molecule has 0 bridgehead atoms. The topological polar surface area (TPSA) is 193 Å². The van der Waals surface area contributed by atoms with Crippen LogP contribution in [0.1, 0.15) is 122 Å². The molecule has 52 heavy (non-hydrogen) atoms. The molecule has 0 aromatic heterocycles. The fraction of sp³-hybridized carbons (Fsp3) is 0.868. The van der Waals surface area contributed by atoms with Crippen LogP contribution in [0.2, 0.25) is 0 Å². The van der Waals surface area contributed by atoms with Crippen LogP contribution in [0, 0.1) is 5.92 Å². The molecule has 304 valence electrons. The smallest absolute Gasteiger partial charge is 0.306 e. The molecule has 0 saturated carbocycles. The Kier molecular flexibility index (Phi) is 36.4. The summed E-state index contributed by atoms with van der Waals surface area (Å²) in [6.07, 6.45) is 13.9. The molecule has 1 atom stereocenters. The molecule has 14 nitrogen and oxygen atoms in total. The normalized spacial score (nSPS) is 11.8. The van der Waals surface area contributed by atoms with E-state index < -0.39 is 17.9 Å². The fourth-order valence-corrected chi connectivity index (χ4v) is 5.13. The van der Waals surface area contributed by atoms with Crippen LogP contribution in [0.15, 0.2) is 0 Å². The molecule has 3 N–H and O–H groups in total. The van der Waals surface area contributed by atoms with Crippen molar-refractivity contribution in [1.82, 2.24) is 5.32 Å². The second-order valence-corrected chi connectivity index (χ2v) is 12.9. The lowest BCUT2D eigenvalue weighted by Crippen LogP contribution is -2.29. The van der Waals surface area contributed by atoms with Gasteiger partial charge in [0.15, 0.2) is 0 Å². The molecule has 0 heterocycles. The summed E-state index contributed by atoms with van der Waals surface area (Å²) in [7, 11) is 0. The lowest BCUT2D eigenvalue weighted by molar-refractivity contribution is -0.144. The summed E-state index contributed by atoms with van der Waals surface area (Å²) in [4.78, 5) is 57.5. The van der Waals surface area contributed by atoms with Crippen LogP contribution in [-0.2, 0) is 52.4 Å². The second-order valence-electron chi connectivity index (χ2n) is 12.9. The first kappa shape index (κ1) is 49.5. The number of carboxylic acids is 2. The number of carbonyl (C=O) groups is 5. The standard InChI is InChI=1S/C38H69NO13/c1-33(40)18-20-47-22-24-49-26-28-51-30-31-52-29-27-50-25-23-48-21-19-39-36(42)17-16-34(38(45)46)32-35(41)14-12-10-8-6-4-2-3-5-7-9-11-13-15-37(43)44/h34H,2-32H2,1H3,(H,39,42)(H,43,44)(H,45,46)/t34-/m1/s1. The van der Waals surface area contributed by atoms with Crippen LogP contribution < -0.4 is 5.32 Å². The van der Waals surface area contributed by atoms with E-state index in [9.17, 15) is 29.1 Å². The van der Waals surface area contributed by atoms with Crippen molar-refractivity contribution in [2.24, 2.45) is 5.92 Å². The van der Waals surface area contributed by atoms with Crippen LogP contribution in [0.5, 0.6) is 0 Å². The van der Waals surface area contributed by atoms with Gasteiger partial charge in [0.1, 0.15) is 11.6 Å². The molecule has 1 amide bonds. The Balaban J connectivity index is 3.55. The summed E-state index contributed by atoms with van der Waals surface area (Å²) in [6, 6.07) is 0. The molecule has 0 aliphatic heterocycles. The maximum atomic E-state index is 12.4. The molecule has 0 rings (SSSR count). The SMILES string of the molecule is CC(=O)CCOCCOCCOCCOCCOCCOCCNC(=O)CC[C@H](CC(=O)CCCCCCCCCCCCCCC(=O)O)C(=O)O. The average Bonchev–Trinajstić information content (AvgIpc) is 3.10. The molecule has 0 unspecified atom stereocenters. The molecule has 0 aromatic rings. The van der Waals surface area contributed by atoms with E-state index in [0.717, 1.165) is 51.4 Å². The van der Waals surface area contributed by atoms with Crippen LogP contribution in [0.4, 0.5) is 0 Å². The van der Waals surface area contributed by atoms with E-state index in [4.69, 9.17) is 33.5 Å². The van der Waals surface area contributed by atoms with Gasteiger partial charge in [0.2, 0.25) is 5.91 Å². The summed E-state index contributed by atoms with van der Waals surface area (Å²) < 4.78 is 32.4. The summed E-state index contributed by atoms with van der Waals surface area (Å²) in [5, 5.41) is 20.9. The van der Waals surface area contributed by atoms with Crippen molar-refractivity contribution in [3.63, 3.8) is 0 Å². The van der Waals surface area contributed by atoms with Crippen molar-refractivity contribution < 1.29 is 62.6 Å². The Labute approximate surface area is 311 Å². The fourth-order valence-electron chi connectivity index (χ4n) is 5.13. The van der Waals surface area contributed by atoms with Crippen LogP contribution in [0.25, 0.3) is 0 Å². The zero-order chi connectivity index (χ0) is 38.3. The van der Waals surface area contributed by atoms with Gasteiger partial charge in [-0.05, 0) is 26.2 Å². The van der Waals surface area contributed by atoms with Gasteiger partial charge >= 0.3 is 11.9 Å². The van der Waals surface area contributed by atoms with Crippen molar-refractivity contribution >= 4 is 29.4 Å². The molecular weight excluding hydrogens is 678 g/mol. The molecule has 0 fully saturated rings. The minimum atomic E-state index is -1.05. The predicted molar refractivity (Wildman–Crippen MR) is 195 cm³/mol. The van der Waals surface area contributed by atoms with E-state index in [1.165, 1.54) is 32.6 Å². The first-order valence-corrected chi connectivity index (χ1v) is 19.4. The number of ether oxygens (including phenoxy) is 6. The highest BCUT2D eigenvalue weighted by molar-refractivity contribution is 5.84. The summed E-state index contributed by atoms with van der Waals surface area (Å²) in [5.41, 5.74) is 0. The van der Waals surface area contributed by atoms with Crippen molar-refractivity contribution in [3.05, 3.63) is 0 Å². The van der Waals surface area contributed by atoms with Gasteiger partial charge in [0.25, 0.3) is 0 Å². The number of hydrogen-bond donors (Lipinski definition) is 3. The van der Waals surface area contributed by atoms with E-state index in [2.05, 4.69) is 5.32 Å². The van der Waals surface area contributed by atoms with Crippen LogP contribution in [0.3, 0.4) is 0 Å². The van der Waals surface area contributed by atoms with Gasteiger partial charge in [-0.3, -0.25) is 24.0 Å². The molecule has 0 aliphatic carbocycles. The van der Waals surface area contributed by atoms with Gasteiger partial charge < -0.3 is 44.0 Å². The first-order chi connectivity index (χ1) is 25.2. The molecular formula is C38H69NO13. The van der Waals surface area contributed by atoms with E-state index in [0.29, 0.717) is 98.7 Å². The number of Topliss-reactive ketones (excluding diaryl/α,β-unsaturated/α-hetero) is 2. The van der Waals surface area contributed by atoms with E-state index in [1.54, 1.807) is 0 Å². The average molecular weight is 748 g/mol. The maximum Gasteiger partial charge on any atom is 0.306 e. The van der Waals surface area contributed by atoms with Crippen molar-refractivity contribution in [2.45, 2.75) is 122 Å². The highest BCUT2D eigenvalue weighted by Crippen LogP contribution is 2.16. The van der Waals surface area contributed by atoms with Crippen LogP contribution in [-0.4, -0.2) is 125 Å². The van der Waals surface area contributed by atoms with E-state index >= 15 is 0 Å². The maximum absolute atomic E-state index is 12.4. The molecule has 0 aliphatic rings. The summed E-state index contributed by atoms with van der Waals surface area (Å²) in [5.74, 6) is -2.85. The van der Waals surface area contributed by atoms with E-state index in [-0.39, 0.29) is 43.2 Å². The largest absolute Gasteiger partial charge is 0.481 e. The van der Waals surface area contributed by atoms with Crippen LogP contribution >= 0.6 is 0 Å². The molecule has 0 aromatic carbocycles. The molecule has 0 saturated heterocycles. The number of carboxylic acid groups (broad SMARTS) is 2. The third kappa shape index (κ3) is 38.7. The quantitative estimate of drug-likeness (QED) is 0.0694. The zero-order valence-corrected chi connectivity index (χ0v) is 31.9. The Morgan fingerprint density at radius 1 is 0.481 bits per heavy atom. The third-order valence-corrected chi connectivity index (χ3v) is 8.17.